The summed E-state index contributed by atoms with van der Waals surface area (Å²) >= 11 is 0. The lowest BCUT2D eigenvalue weighted by molar-refractivity contribution is -0.113. The monoisotopic (exact) mass is 287 g/mol. The summed E-state index contributed by atoms with van der Waals surface area (Å²) in [6.45, 7) is 5.53. The number of urea groups is 1. The largest absolute Gasteiger partial charge is 0.338 e. The van der Waals surface area contributed by atoms with Crippen molar-refractivity contribution >= 4 is 17.6 Å². The highest BCUT2D eigenvalue weighted by Crippen LogP contribution is 2.15. The van der Waals surface area contributed by atoms with Crippen molar-refractivity contribution in [1.82, 2.24) is 10.2 Å². The van der Waals surface area contributed by atoms with Crippen molar-refractivity contribution in [2.75, 3.05) is 25.0 Å². The van der Waals surface area contributed by atoms with Crippen LogP contribution in [0, 0.1) is 6.92 Å². The van der Waals surface area contributed by atoms with Gasteiger partial charge < -0.3 is 15.5 Å². The van der Waals surface area contributed by atoms with Crippen molar-refractivity contribution in [3.05, 3.63) is 41.5 Å². The highest BCUT2D eigenvalue weighted by molar-refractivity contribution is 6.04. The van der Waals surface area contributed by atoms with Gasteiger partial charge in [0.05, 0.1) is 0 Å². The SMILES string of the molecule is CCNC(=O)N1CC=C(C(=O)Nc2cccc(C)c2)CC1. The van der Waals surface area contributed by atoms with Gasteiger partial charge in [0.2, 0.25) is 0 Å². The van der Waals surface area contributed by atoms with Crippen LogP contribution in [-0.2, 0) is 4.79 Å². The molecule has 112 valence electrons. The molecule has 2 N–H and O–H groups in total. The quantitative estimate of drug-likeness (QED) is 0.896. The number of rotatable bonds is 3. The van der Waals surface area contributed by atoms with Gasteiger partial charge in [0.15, 0.2) is 0 Å². The van der Waals surface area contributed by atoms with Crippen LogP contribution in [0.4, 0.5) is 10.5 Å². The molecule has 0 unspecified atom stereocenters. The Hall–Kier alpha value is -2.30. The third kappa shape index (κ3) is 4.08. The Morgan fingerprint density at radius 3 is 2.76 bits per heavy atom. The first-order valence-electron chi connectivity index (χ1n) is 7.20. The van der Waals surface area contributed by atoms with E-state index in [2.05, 4.69) is 10.6 Å². The van der Waals surface area contributed by atoms with Gasteiger partial charge in [0, 0.05) is 30.9 Å². The molecule has 5 nitrogen and oxygen atoms in total. The first-order chi connectivity index (χ1) is 10.1. The van der Waals surface area contributed by atoms with E-state index in [4.69, 9.17) is 0 Å². The molecule has 0 fully saturated rings. The molecule has 0 bridgehead atoms. The van der Waals surface area contributed by atoms with Crippen LogP contribution in [0.5, 0.6) is 0 Å². The van der Waals surface area contributed by atoms with Crippen molar-refractivity contribution < 1.29 is 9.59 Å². The topological polar surface area (TPSA) is 61.4 Å². The molecule has 1 aromatic carbocycles. The average Bonchev–Trinajstić information content (AvgIpc) is 2.47. The number of amides is 3. The van der Waals surface area contributed by atoms with Crippen LogP contribution in [0.25, 0.3) is 0 Å². The van der Waals surface area contributed by atoms with Crippen LogP contribution >= 0.6 is 0 Å². The maximum absolute atomic E-state index is 12.2. The number of benzene rings is 1. The molecule has 1 aliphatic heterocycles. The third-order valence-electron chi connectivity index (χ3n) is 3.39. The zero-order valence-electron chi connectivity index (χ0n) is 12.5. The maximum Gasteiger partial charge on any atom is 0.317 e. The Bertz CT molecular complexity index is 566. The van der Waals surface area contributed by atoms with Crippen molar-refractivity contribution in [3.8, 4) is 0 Å². The second-order valence-electron chi connectivity index (χ2n) is 5.08. The van der Waals surface area contributed by atoms with E-state index in [1.807, 2.05) is 44.2 Å². The highest BCUT2D eigenvalue weighted by Gasteiger charge is 2.20. The molecule has 1 aromatic rings. The minimum Gasteiger partial charge on any atom is -0.338 e. The standard InChI is InChI=1S/C16H21N3O2/c1-3-17-16(21)19-9-7-13(8-10-19)15(20)18-14-6-4-5-12(2)11-14/h4-7,11H,3,8-10H2,1-2H3,(H,17,21)(H,18,20). The fourth-order valence-corrected chi connectivity index (χ4v) is 2.26. The smallest absolute Gasteiger partial charge is 0.317 e. The zero-order valence-corrected chi connectivity index (χ0v) is 12.5. The minimum absolute atomic E-state index is 0.0770. The molecular weight excluding hydrogens is 266 g/mol. The predicted octanol–water partition coefficient (Wildman–Crippen LogP) is 2.30. The molecule has 0 radical (unpaired) electrons. The van der Waals surface area contributed by atoms with Gasteiger partial charge in [-0.15, -0.1) is 0 Å². The molecule has 1 aliphatic rings. The van der Waals surface area contributed by atoms with Crippen LogP contribution in [0.3, 0.4) is 0 Å². The Labute approximate surface area is 125 Å². The molecule has 1 heterocycles. The van der Waals surface area contributed by atoms with Gasteiger partial charge in [-0.3, -0.25) is 4.79 Å². The fourth-order valence-electron chi connectivity index (χ4n) is 2.26. The average molecular weight is 287 g/mol. The molecule has 0 spiro atoms. The lowest BCUT2D eigenvalue weighted by atomic mass is 10.1. The van der Waals surface area contributed by atoms with Crippen LogP contribution in [0.2, 0.25) is 0 Å². The van der Waals surface area contributed by atoms with E-state index in [0.29, 0.717) is 26.1 Å². The van der Waals surface area contributed by atoms with E-state index in [1.54, 1.807) is 4.90 Å². The molecule has 0 saturated heterocycles. The molecule has 21 heavy (non-hydrogen) atoms. The lowest BCUT2D eigenvalue weighted by Crippen LogP contribution is -2.42. The molecule has 0 aromatic heterocycles. The first kappa shape index (κ1) is 15.1. The van der Waals surface area contributed by atoms with Crippen molar-refractivity contribution in [3.63, 3.8) is 0 Å². The van der Waals surface area contributed by atoms with Crippen molar-refractivity contribution in [2.45, 2.75) is 20.3 Å². The van der Waals surface area contributed by atoms with Gasteiger partial charge in [-0.1, -0.05) is 18.2 Å². The second-order valence-corrected chi connectivity index (χ2v) is 5.08. The van der Waals surface area contributed by atoms with Gasteiger partial charge >= 0.3 is 6.03 Å². The van der Waals surface area contributed by atoms with E-state index in [1.165, 1.54) is 0 Å². The normalized spacial score (nSPS) is 14.4. The van der Waals surface area contributed by atoms with Crippen molar-refractivity contribution in [2.24, 2.45) is 0 Å². The Balaban J connectivity index is 1.94. The van der Waals surface area contributed by atoms with E-state index in [0.717, 1.165) is 16.8 Å². The molecule has 0 saturated carbocycles. The third-order valence-corrected chi connectivity index (χ3v) is 3.39. The molecule has 3 amide bonds. The summed E-state index contributed by atoms with van der Waals surface area (Å²) < 4.78 is 0. The second kappa shape index (κ2) is 6.92. The van der Waals surface area contributed by atoms with Crippen LogP contribution in [0.1, 0.15) is 18.9 Å². The van der Waals surface area contributed by atoms with Gasteiger partial charge in [-0.25, -0.2) is 4.79 Å². The fraction of sp³-hybridized carbons (Fsp3) is 0.375. The summed E-state index contributed by atoms with van der Waals surface area (Å²) in [4.78, 5) is 25.6. The summed E-state index contributed by atoms with van der Waals surface area (Å²) in [6, 6.07) is 7.63. The van der Waals surface area contributed by atoms with Gasteiger partial charge in [-0.2, -0.15) is 0 Å². The van der Waals surface area contributed by atoms with Crippen molar-refractivity contribution in [1.29, 1.82) is 0 Å². The number of nitrogens with one attached hydrogen (secondary N) is 2. The number of nitrogens with zero attached hydrogens (tertiary/aromatic N) is 1. The van der Waals surface area contributed by atoms with Crippen LogP contribution in [0.15, 0.2) is 35.9 Å². The van der Waals surface area contributed by atoms with Crippen LogP contribution in [-0.4, -0.2) is 36.5 Å². The maximum atomic E-state index is 12.2. The number of anilines is 1. The molecule has 2 rings (SSSR count). The summed E-state index contributed by atoms with van der Waals surface area (Å²) in [5.41, 5.74) is 2.64. The number of aryl methyl sites for hydroxylation is 1. The highest BCUT2D eigenvalue weighted by atomic mass is 16.2. The zero-order chi connectivity index (χ0) is 15.2. The Kier molecular flexibility index (Phi) is 4.98. The van der Waals surface area contributed by atoms with E-state index in [-0.39, 0.29) is 11.9 Å². The summed E-state index contributed by atoms with van der Waals surface area (Å²) in [5.74, 6) is -0.0869. The minimum atomic E-state index is -0.0869. The molecule has 0 atom stereocenters. The van der Waals surface area contributed by atoms with E-state index >= 15 is 0 Å². The summed E-state index contributed by atoms with van der Waals surface area (Å²) in [7, 11) is 0. The molecule has 5 heteroatoms. The molecule has 0 aliphatic carbocycles. The summed E-state index contributed by atoms with van der Waals surface area (Å²) in [5, 5.41) is 5.66. The molecular formula is C16H21N3O2. The Morgan fingerprint density at radius 2 is 2.14 bits per heavy atom. The van der Waals surface area contributed by atoms with E-state index < -0.39 is 0 Å². The number of carbonyl (C=O) groups is 2. The summed E-state index contributed by atoms with van der Waals surface area (Å²) in [6.07, 6.45) is 2.40. The predicted molar refractivity (Wildman–Crippen MR) is 83.2 cm³/mol. The lowest BCUT2D eigenvalue weighted by Gasteiger charge is -2.26. The number of hydrogen-bond donors (Lipinski definition) is 2. The van der Waals surface area contributed by atoms with Gasteiger partial charge in [0.1, 0.15) is 0 Å². The number of hydrogen-bond acceptors (Lipinski definition) is 2. The number of carbonyl (C=O) groups excluding carboxylic acids is 2. The van der Waals surface area contributed by atoms with Gasteiger partial charge in [-0.05, 0) is 38.0 Å². The van der Waals surface area contributed by atoms with E-state index in [9.17, 15) is 9.59 Å². The van der Waals surface area contributed by atoms with Gasteiger partial charge in [0.25, 0.3) is 5.91 Å². The van der Waals surface area contributed by atoms with Crippen LogP contribution < -0.4 is 10.6 Å². The first-order valence-corrected chi connectivity index (χ1v) is 7.20. The Morgan fingerprint density at radius 1 is 1.33 bits per heavy atom.